The molecule has 5 N–H and O–H groups in total. The van der Waals surface area contributed by atoms with Crippen LogP contribution in [0.3, 0.4) is 0 Å². The Morgan fingerprint density at radius 3 is 2.63 bits per heavy atom. The highest BCUT2D eigenvalue weighted by Gasteiger charge is 2.52. The van der Waals surface area contributed by atoms with E-state index < -0.39 is 35.8 Å². The highest BCUT2D eigenvalue weighted by atomic mass is 19.4. The van der Waals surface area contributed by atoms with Crippen LogP contribution in [-0.2, 0) is 22.2 Å². The highest BCUT2D eigenvalue weighted by Crippen LogP contribution is 2.43. The highest BCUT2D eigenvalue weighted by molar-refractivity contribution is 5.82. The lowest BCUT2D eigenvalue weighted by Crippen LogP contribution is -2.62. The van der Waals surface area contributed by atoms with E-state index in [1.54, 1.807) is 31.3 Å². The van der Waals surface area contributed by atoms with Gasteiger partial charge in [0, 0.05) is 25.5 Å². The maximum Gasteiger partial charge on any atom is 0.416 e. The first-order valence-electron chi connectivity index (χ1n) is 10.5. The number of nitrogens with two attached hydrogens (primary N) is 1. The lowest BCUT2D eigenvalue weighted by Gasteiger charge is -2.46. The van der Waals surface area contributed by atoms with E-state index in [-0.39, 0.29) is 18.1 Å². The molecule has 3 rings (SSSR count). The molecule has 3 atom stereocenters. The zero-order valence-corrected chi connectivity index (χ0v) is 19.3. The van der Waals surface area contributed by atoms with E-state index >= 15 is 0 Å². The van der Waals surface area contributed by atoms with E-state index in [2.05, 4.69) is 15.6 Å². The first-order valence-corrected chi connectivity index (χ1v) is 10.5. The minimum absolute atomic E-state index is 0.0713. The van der Waals surface area contributed by atoms with Crippen molar-refractivity contribution in [3.05, 3.63) is 59.2 Å². The van der Waals surface area contributed by atoms with Crippen LogP contribution in [0.25, 0.3) is 0 Å². The quantitative estimate of drug-likeness (QED) is 0.121. The van der Waals surface area contributed by atoms with Gasteiger partial charge in [0.2, 0.25) is 5.96 Å². The average Bonchev–Trinajstić information content (AvgIpc) is 2.81. The van der Waals surface area contributed by atoms with Gasteiger partial charge in [-0.15, -0.1) is 0 Å². The van der Waals surface area contributed by atoms with E-state index in [4.69, 9.17) is 19.9 Å². The van der Waals surface area contributed by atoms with Crippen molar-refractivity contribution < 1.29 is 32.5 Å². The second-order valence-corrected chi connectivity index (χ2v) is 8.05. The van der Waals surface area contributed by atoms with Gasteiger partial charge in [0.05, 0.1) is 18.2 Å². The number of halogens is 3. The summed E-state index contributed by atoms with van der Waals surface area (Å²) >= 11 is 0. The van der Waals surface area contributed by atoms with Crippen molar-refractivity contribution in [2.24, 2.45) is 4.99 Å². The number of anilines is 1. The molecule has 0 spiro atoms. The standard InChI is InChI=1S/C23H26F3N5O4/c1-22(20(33-2)34-3)19(32)18(16-10-15(28)7-8-17(16)35-22)31-21(30-12-27)29-11-13-5-4-6-14(9-13)23(24,25)26/h4-10,18-20,32H,11,28H2,1-3H3,(H2,29,30,31). The molecule has 0 saturated carbocycles. The van der Waals surface area contributed by atoms with Crippen molar-refractivity contribution in [3.8, 4) is 11.9 Å². The molecule has 2 aromatic carbocycles. The van der Waals surface area contributed by atoms with E-state index in [0.29, 0.717) is 17.0 Å². The molecule has 0 fully saturated rings. The zero-order valence-electron chi connectivity index (χ0n) is 19.3. The summed E-state index contributed by atoms with van der Waals surface area (Å²) in [4.78, 5) is 4.22. The number of hydrogen-bond acceptors (Lipinski definition) is 7. The number of aliphatic imine (C=N–C) groups is 1. The normalized spacial score (nSPS) is 22.2. The van der Waals surface area contributed by atoms with E-state index in [9.17, 15) is 23.5 Å². The monoisotopic (exact) mass is 493 g/mol. The molecule has 188 valence electrons. The average molecular weight is 493 g/mol. The number of nitriles is 1. The van der Waals surface area contributed by atoms with Crippen molar-refractivity contribution in [1.29, 1.82) is 5.26 Å². The second-order valence-electron chi connectivity index (χ2n) is 8.05. The number of nitrogens with zero attached hydrogens (tertiary/aromatic N) is 2. The minimum atomic E-state index is -4.49. The van der Waals surface area contributed by atoms with Crippen LogP contribution in [0.2, 0.25) is 0 Å². The Kier molecular flexibility index (Phi) is 7.74. The number of benzene rings is 2. The van der Waals surface area contributed by atoms with Crippen LogP contribution in [-0.4, -0.2) is 43.3 Å². The van der Waals surface area contributed by atoms with Crippen molar-refractivity contribution in [2.45, 2.75) is 43.7 Å². The first kappa shape index (κ1) is 26.1. The van der Waals surface area contributed by atoms with Crippen molar-refractivity contribution in [2.75, 3.05) is 20.0 Å². The maximum absolute atomic E-state index is 13.0. The maximum atomic E-state index is 13.0. The molecule has 9 nitrogen and oxygen atoms in total. The van der Waals surface area contributed by atoms with Gasteiger partial charge >= 0.3 is 6.18 Å². The number of rotatable bonds is 6. The lowest BCUT2D eigenvalue weighted by atomic mass is 9.84. The molecular formula is C23H26F3N5O4. The first-order chi connectivity index (χ1) is 16.5. The summed E-state index contributed by atoms with van der Waals surface area (Å²) in [5, 5.41) is 25.8. The molecule has 12 heteroatoms. The Morgan fingerprint density at radius 1 is 1.29 bits per heavy atom. The van der Waals surface area contributed by atoms with Crippen LogP contribution >= 0.6 is 0 Å². The Morgan fingerprint density at radius 2 is 2.00 bits per heavy atom. The van der Waals surface area contributed by atoms with Crippen LogP contribution in [0.4, 0.5) is 18.9 Å². The van der Waals surface area contributed by atoms with Gasteiger partial charge in [0.15, 0.2) is 18.1 Å². The number of nitrogens with one attached hydrogen (secondary N) is 2. The SMILES string of the molecule is COC(OC)C1(C)Oc2ccc(N)cc2C(NC(=NCc2cccc(C(F)(F)F)c2)NC#N)C1O. The zero-order chi connectivity index (χ0) is 25.8. The molecule has 3 unspecified atom stereocenters. The van der Waals surface area contributed by atoms with Crippen LogP contribution in [0.1, 0.15) is 29.7 Å². The summed E-state index contributed by atoms with van der Waals surface area (Å²) in [6, 6.07) is 8.65. The van der Waals surface area contributed by atoms with Gasteiger partial charge in [-0.1, -0.05) is 12.1 Å². The summed E-state index contributed by atoms with van der Waals surface area (Å²) in [6.07, 6.45) is -5.02. The van der Waals surface area contributed by atoms with Gasteiger partial charge in [-0.05, 0) is 42.8 Å². The predicted octanol–water partition coefficient (Wildman–Crippen LogP) is 2.68. The summed E-state index contributed by atoms with van der Waals surface area (Å²) < 4.78 is 55.8. The van der Waals surface area contributed by atoms with Gasteiger partial charge in [-0.2, -0.15) is 18.4 Å². The molecule has 1 aliphatic rings. The number of hydrogen-bond donors (Lipinski definition) is 4. The van der Waals surface area contributed by atoms with Crippen molar-refractivity contribution in [3.63, 3.8) is 0 Å². The predicted molar refractivity (Wildman–Crippen MR) is 121 cm³/mol. The molecule has 1 aliphatic heterocycles. The number of alkyl halides is 3. The third-order valence-electron chi connectivity index (χ3n) is 5.64. The summed E-state index contributed by atoms with van der Waals surface area (Å²) in [7, 11) is 2.80. The number of nitrogen functional groups attached to an aromatic ring is 1. The molecule has 0 saturated heterocycles. The van der Waals surface area contributed by atoms with Gasteiger partial charge in [-0.3, -0.25) is 5.32 Å². The van der Waals surface area contributed by atoms with E-state index in [1.165, 1.54) is 26.4 Å². The van der Waals surface area contributed by atoms with Gasteiger partial charge < -0.3 is 30.4 Å². The minimum Gasteiger partial charge on any atom is -0.479 e. The molecule has 35 heavy (non-hydrogen) atoms. The molecule has 1 heterocycles. The molecular weight excluding hydrogens is 467 g/mol. The van der Waals surface area contributed by atoms with Crippen LogP contribution in [0.15, 0.2) is 47.5 Å². The van der Waals surface area contributed by atoms with Crippen LogP contribution in [0, 0.1) is 11.5 Å². The fraction of sp³-hybridized carbons (Fsp3) is 0.391. The van der Waals surface area contributed by atoms with Crippen molar-refractivity contribution in [1.82, 2.24) is 10.6 Å². The Labute approximate surface area is 200 Å². The molecule has 0 radical (unpaired) electrons. The topological polar surface area (TPSA) is 134 Å². The fourth-order valence-electron chi connectivity index (χ4n) is 3.95. The van der Waals surface area contributed by atoms with Gasteiger partial charge in [0.25, 0.3) is 0 Å². The number of fused-ring (bicyclic) bond motifs is 1. The summed E-state index contributed by atoms with van der Waals surface area (Å²) in [5.41, 5.74) is 4.91. The number of guanidine groups is 1. The second kappa shape index (κ2) is 10.4. The van der Waals surface area contributed by atoms with Crippen LogP contribution in [0.5, 0.6) is 5.75 Å². The van der Waals surface area contributed by atoms with Crippen LogP contribution < -0.4 is 21.1 Å². The van der Waals surface area contributed by atoms with Crippen molar-refractivity contribution >= 4 is 11.6 Å². The fourth-order valence-corrected chi connectivity index (χ4v) is 3.95. The third kappa shape index (κ3) is 5.59. The Balaban J connectivity index is 1.96. The smallest absolute Gasteiger partial charge is 0.416 e. The summed E-state index contributed by atoms with van der Waals surface area (Å²) in [5.74, 6) is 0.316. The molecule has 0 aromatic heterocycles. The van der Waals surface area contributed by atoms with Gasteiger partial charge in [0.1, 0.15) is 11.9 Å². The third-order valence-corrected chi connectivity index (χ3v) is 5.64. The number of methoxy groups -OCH3 is 2. The molecule has 2 aromatic rings. The summed E-state index contributed by atoms with van der Waals surface area (Å²) in [6.45, 7) is 1.43. The number of aliphatic hydroxyl groups is 1. The lowest BCUT2D eigenvalue weighted by molar-refractivity contribution is -0.238. The van der Waals surface area contributed by atoms with E-state index in [1.807, 2.05) is 0 Å². The molecule has 0 aliphatic carbocycles. The van der Waals surface area contributed by atoms with E-state index in [0.717, 1.165) is 12.1 Å². The largest absolute Gasteiger partial charge is 0.479 e. The number of aliphatic hydroxyl groups excluding tert-OH is 1. The molecule has 0 amide bonds. The number of ether oxygens (including phenoxy) is 3. The van der Waals surface area contributed by atoms with Gasteiger partial charge in [-0.25, -0.2) is 4.99 Å². The molecule has 0 bridgehead atoms. The Bertz CT molecular complexity index is 1120. The Hall–Kier alpha value is -3.53.